The van der Waals surface area contributed by atoms with Crippen LogP contribution in [0.15, 0.2) is 28.6 Å². The minimum absolute atomic E-state index is 0.0403. The number of aromatic nitrogens is 1. The summed E-state index contributed by atoms with van der Waals surface area (Å²) < 4.78 is 5.62. The van der Waals surface area contributed by atoms with Gasteiger partial charge in [-0.2, -0.15) is 0 Å². The van der Waals surface area contributed by atoms with Crippen molar-refractivity contribution in [1.29, 1.82) is 0 Å². The van der Waals surface area contributed by atoms with Crippen LogP contribution in [0, 0.1) is 6.92 Å². The molecule has 1 N–H and O–H groups in total. The molecule has 1 aromatic carbocycles. The molecule has 0 aliphatic carbocycles. The zero-order valence-electron chi connectivity index (χ0n) is 13.2. The summed E-state index contributed by atoms with van der Waals surface area (Å²) in [4.78, 5) is 28.8. The number of hydrogen-bond acceptors (Lipinski definition) is 6. The quantitative estimate of drug-likeness (QED) is 0.641. The molecule has 7 heteroatoms. The molecule has 1 heterocycles. The second-order valence-corrected chi connectivity index (χ2v) is 6.97. The topological polar surface area (TPSA) is 68.3 Å². The Morgan fingerprint density at radius 2 is 2.00 bits per heavy atom. The average Bonchev–Trinajstić information content (AvgIpc) is 2.92. The van der Waals surface area contributed by atoms with E-state index in [0.29, 0.717) is 18.5 Å². The molecule has 0 radical (unpaired) electrons. The first-order valence-corrected chi connectivity index (χ1v) is 9.02. The number of nitrogens with one attached hydrogen (secondary N) is 1. The number of carbonyl (C=O) groups is 2. The molecule has 23 heavy (non-hydrogen) atoms. The molecule has 0 saturated heterocycles. The highest BCUT2D eigenvalue weighted by molar-refractivity contribution is 8.00. The number of carbonyl (C=O) groups excluding carboxylic acids is 2. The lowest BCUT2D eigenvalue weighted by Gasteiger charge is -2.06. The fraction of sp³-hybridized carbons (Fsp3) is 0.312. The molecule has 1 aromatic heterocycles. The summed E-state index contributed by atoms with van der Waals surface area (Å²) in [6, 6.07) is 6.98. The lowest BCUT2D eigenvalue weighted by Crippen LogP contribution is -2.24. The van der Waals surface area contributed by atoms with Crippen LogP contribution in [0.25, 0.3) is 0 Å². The van der Waals surface area contributed by atoms with Gasteiger partial charge in [-0.1, -0.05) is 23.9 Å². The Kier molecular flexibility index (Phi) is 6.18. The number of nitrogens with zero attached hydrogens (tertiary/aromatic N) is 1. The average molecular weight is 350 g/mol. The molecule has 0 bridgehead atoms. The van der Waals surface area contributed by atoms with Gasteiger partial charge in [-0.3, -0.25) is 4.79 Å². The Hall–Kier alpha value is -1.86. The number of ether oxygens (including phenoxy) is 1. The van der Waals surface area contributed by atoms with Crippen molar-refractivity contribution < 1.29 is 14.3 Å². The standard InChI is InChI=1S/C16H18N2O3S2/c1-10-13(23-16(18-10)22-3)8-14(19)17-9-11-4-6-12(7-5-11)15(20)21-2/h4-7H,8-9H2,1-3H3,(H,17,19). The Bertz CT molecular complexity index is 696. The number of benzene rings is 1. The van der Waals surface area contributed by atoms with E-state index >= 15 is 0 Å². The maximum absolute atomic E-state index is 12.0. The summed E-state index contributed by atoms with van der Waals surface area (Å²) in [5, 5.41) is 2.88. The molecule has 0 fully saturated rings. The summed E-state index contributed by atoms with van der Waals surface area (Å²) in [5.74, 6) is -0.410. The third-order valence-corrected chi connectivity index (χ3v) is 5.38. The highest BCUT2D eigenvalue weighted by Crippen LogP contribution is 2.25. The van der Waals surface area contributed by atoms with E-state index in [4.69, 9.17) is 0 Å². The predicted molar refractivity (Wildman–Crippen MR) is 92.0 cm³/mol. The Balaban J connectivity index is 1.88. The maximum atomic E-state index is 12.0. The SMILES string of the molecule is COC(=O)c1ccc(CNC(=O)Cc2sc(SC)nc2C)cc1. The monoisotopic (exact) mass is 350 g/mol. The minimum Gasteiger partial charge on any atom is -0.465 e. The number of amides is 1. The zero-order chi connectivity index (χ0) is 16.8. The van der Waals surface area contributed by atoms with Crippen LogP contribution in [-0.4, -0.2) is 30.2 Å². The van der Waals surface area contributed by atoms with E-state index in [-0.39, 0.29) is 11.9 Å². The largest absolute Gasteiger partial charge is 0.465 e. The molecule has 2 aromatic rings. The predicted octanol–water partition coefficient (Wildman–Crippen LogP) is 2.82. The maximum Gasteiger partial charge on any atom is 0.337 e. The van der Waals surface area contributed by atoms with E-state index in [1.807, 2.05) is 13.2 Å². The third-order valence-electron chi connectivity index (χ3n) is 3.23. The Morgan fingerprint density at radius 3 is 2.57 bits per heavy atom. The van der Waals surface area contributed by atoms with Crippen LogP contribution in [0.5, 0.6) is 0 Å². The molecule has 0 unspecified atom stereocenters. The van der Waals surface area contributed by atoms with Crippen molar-refractivity contribution >= 4 is 35.0 Å². The van der Waals surface area contributed by atoms with Gasteiger partial charge in [-0.15, -0.1) is 11.3 Å². The van der Waals surface area contributed by atoms with E-state index < -0.39 is 0 Å². The lowest BCUT2D eigenvalue weighted by molar-refractivity contribution is -0.120. The number of esters is 1. The van der Waals surface area contributed by atoms with Crippen LogP contribution in [0.1, 0.15) is 26.5 Å². The van der Waals surface area contributed by atoms with Crippen LogP contribution in [0.3, 0.4) is 0 Å². The number of thioether (sulfide) groups is 1. The van der Waals surface area contributed by atoms with E-state index in [1.165, 1.54) is 7.11 Å². The number of hydrogen-bond donors (Lipinski definition) is 1. The fourth-order valence-corrected chi connectivity index (χ4v) is 3.59. The molecule has 0 aliphatic heterocycles. The van der Waals surface area contributed by atoms with Crippen LogP contribution >= 0.6 is 23.1 Å². The van der Waals surface area contributed by atoms with Gasteiger partial charge in [0.25, 0.3) is 0 Å². The molecule has 1 amide bonds. The van der Waals surface area contributed by atoms with Crippen molar-refractivity contribution in [3.05, 3.63) is 46.0 Å². The molecule has 2 rings (SSSR count). The van der Waals surface area contributed by atoms with Gasteiger partial charge in [0, 0.05) is 11.4 Å². The molecule has 122 valence electrons. The van der Waals surface area contributed by atoms with Crippen LogP contribution in [-0.2, 0) is 22.5 Å². The molecule has 0 aliphatic rings. The molecule has 0 atom stereocenters. The van der Waals surface area contributed by atoms with Gasteiger partial charge in [-0.25, -0.2) is 9.78 Å². The minimum atomic E-state index is -0.370. The lowest BCUT2D eigenvalue weighted by atomic mass is 10.1. The number of aryl methyl sites for hydroxylation is 1. The Labute approximate surface area is 143 Å². The van der Waals surface area contributed by atoms with Gasteiger partial charge < -0.3 is 10.1 Å². The molecule has 0 spiro atoms. The highest BCUT2D eigenvalue weighted by Gasteiger charge is 2.11. The van der Waals surface area contributed by atoms with E-state index in [9.17, 15) is 9.59 Å². The smallest absolute Gasteiger partial charge is 0.337 e. The number of rotatable bonds is 6. The Morgan fingerprint density at radius 1 is 1.30 bits per heavy atom. The van der Waals surface area contributed by atoms with E-state index in [0.717, 1.165) is 20.5 Å². The summed E-state index contributed by atoms with van der Waals surface area (Å²) in [5.41, 5.74) is 2.33. The van der Waals surface area contributed by atoms with Crippen molar-refractivity contribution in [1.82, 2.24) is 10.3 Å². The van der Waals surface area contributed by atoms with Crippen molar-refractivity contribution in [2.75, 3.05) is 13.4 Å². The normalized spacial score (nSPS) is 10.4. The van der Waals surface area contributed by atoms with Gasteiger partial charge in [0.2, 0.25) is 5.91 Å². The van der Waals surface area contributed by atoms with Gasteiger partial charge in [0.1, 0.15) is 4.34 Å². The summed E-state index contributed by atoms with van der Waals surface area (Å²) in [6.07, 6.45) is 2.31. The first-order valence-electron chi connectivity index (χ1n) is 6.97. The summed E-state index contributed by atoms with van der Waals surface area (Å²) >= 11 is 3.14. The fourth-order valence-electron chi connectivity index (χ4n) is 1.94. The van der Waals surface area contributed by atoms with Crippen LogP contribution in [0.4, 0.5) is 0 Å². The van der Waals surface area contributed by atoms with Crippen LogP contribution in [0.2, 0.25) is 0 Å². The van der Waals surface area contributed by atoms with Crippen molar-refractivity contribution in [3.63, 3.8) is 0 Å². The highest BCUT2D eigenvalue weighted by atomic mass is 32.2. The van der Waals surface area contributed by atoms with Crippen molar-refractivity contribution in [2.45, 2.75) is 24.2 Å². The molecular formula is C16H18N2O3S2. The third kappa shape index (κ3) is 4.80. The number of methoxy groups -OCH3 is 1. The molecule has 0 saturated carbocycles. The van der Waals surface area contributed by atoms with Gasteiger partial charge in [0.05, 0.1) is 24.8 Å². The molecule has 5 nitrogen and oxygen atoms in total. The summed E-state index contributed by atoms with van der Waals surface area (Å²) in [6.45, 7) is 2.35. The van der Waals surface area contributed by atoms with Crippen LogP contribution < -0.4 is 5.32 Å². The van der Waals surface area contributed by atoms with E-state index in [1.54, 1.807) is 47.4 Å². The summed E-state index contributed by atoms with van der Waals surface area (Å²) in [7, 11) is 1.35. The van der Waals surface area contributed by atoms with E-state index in [2.05, 4.69) is 15.0 Å². The van der Waals surface area contributed by atoms with Gasteiger partial charge in [0.15, 0.2) is 0 Å². The van der Waals surface area contributed by atoms with Gasteiger partial charge >= 0.3 is 5.97 Å². The second-order valence-electron chi connectivity index (χ2n) is 4.83. The van der Waals surface area contributed by atoms with Crippen molar-refractivity contribution in [3.8, 4) is 0 Å². The first-order chi connectivity index (χ1) is 11.0. The zero-order valence-corrected chi connectivity index (χ0v) is 14.8. The number of thiazole rings is 1. The molecular weight excluding hydrogens is 332 g/mol. The second kappa shape index (κ2) is 8.12. The van der Waals surface area contributed by atoms with Crippen molar-refractivity contribution in [2.24, 2.45) is 0 Å². The first kappa shape index (κ1) is 17.5. The van der Waals surface area contributed by atoms with Gasteiger partial charge in [-0.05, 0) is 30.9 Å².